The van der Waals surface area contributed by atoms with Crippen molar-refractivity contribution in [3.8, 4) is 0 Å². The average Bonchev–Trinajstić information content (AvgIpc) is 2.29. The fourth-order valence-electron chi connectivity index (χ4n) is 1.02. The molecule has 0 heterocycles. The van der Waals surface area contributed by atoms with Gasteiger partial charge in [0.2, 0.25) is 5.91 Å². The van der Waals surface area contributed by atoms with Crippen LogP contribution in [0.3, 0.4) is 0 Å². The molecule has 0 unspecified atom stereocenters. The number of rotatable bonds is 4. The molecule has 0 saturated heterocycles. The zero-order chi connectivity index (χ0) is 13.1. The molecule has 17 heavy (non-hydrogen) atoms. The summed E-state index contributed by atoms with van der Waals surface area (Å²) in [6.45, 7) is 2.71. The summed E-state index contributed by atoms with van der Waals surface area (Å²) >= 11 is 0. The van der Waals surface area contributed by atoms with Crippen molar-refractivity contribution in [1.29, 1.82) is 0 Å². The van der Waals surface area contributed by atoms with Crippen molar-refractivity contribution in [2.24, 2.45) is 0 Å². The summed E-state index contributed by atoms with van der Waals surface area (Å²) in [5.41, 5.74) is 0.871. The van der Waals surface area contributed by atoms with Crippen molar-refractivity contribution < 1.29 is 19.8 Å². The number of aliphatic carboxylic acids is 1. The van der Waals surface area contributed by atoms with Gasteiger partial charge in [0.15, 0.2) is 0 Å². The highest BCUT2D eigenvalue weighted by Crippen LogP contribution is 1.98. The van der Waals surface area contributed by atoms with E-state index < -0.39 is 5.97 Å². The van der Waals surface area contributed by atoms with Crippen LogP contribution in [0.5, 0.6) is 0 Å². The Balaban J connectivity index is 0.000000770. The van der Waals surface area contributed by atoms with Crippen LogP contribution in [0.2, 0.25) is 0 Å². The second kappa shape index (κ2) is 9.35. The summed E-state index contributed by atoms with van der Waals surface area (Å²) in [6.07, 6.45) is 0.216. The van der Waals surface area contributed by atoms with Gasteiger partial charge in [-0.15, -0.1) is 0 Å². The van der Waals surface area contributed by atoms with Gasteiger partial charge in [-0.2, -0.15) is 0 Å². The minimum atomic E-state index is -1.04. The van der Waals surface area contributed by atoms with Gasteiger partial charge in [-0.3, -0.25) is 9.59 Å². The van der Waals surface area contributed by atoms with Crippen LogP contribution in [-0.4, -0.2) is 35.2 Å². The molecule has 1 aromatic rings. The summed E-state index contributed by atoms with van der Waals surface area (Å²) in [4.78, 5) is 21.3. The minimum absolute atomic E-state index is 0. The number of carboxylic acids is 1. The highest BCUT2D eigenvalue weighted by atomic mass is 16.4. The van der Waals surface area contributed by atoms with Gasteiger partial charge < -0.3 is 15.5 Å². The first-order chi connectivity index (χ1) is 8.10. The first-order valence-electron chi connectivity index (χ1n) is 5.02. The lowest BCUT2D eigenvalue weighted by molar-refractivity contribution is -0.137. The quantitative estimate of drug-likeness (QED) is 0.701. The number of aliphatic hydroxyl groups excluding tert-OH is 1. The molecule has 5 nitrogen and oxygen atoms in total. The lowest BCUT2D eigenvalue weighted by atomic mass is 10.1. The lowest BCUT2D eigenvalue weighted by Crippen LogP contribution is -2.30. The van der Waals surface area contributed by atoms with E-state index >= 15 is 0 Å². The standard InChI is InChI=1S/C10H11NO3.C2H5O/c12-9(11-7-10(13)14)6-8-4-2-1-3-5-8;1-2-3/h1-5H,6-7H2,(H,11,12)(H,13,14);3H,1-2H2. The first-order valence-corrected chi connectivity index (χ1v) is 5.02. The van der Waals surface area contributed by atoms with Crippen molar-refractivity contribution in [2.45, 2.75) is 6.42 Å². The number of carboxylic acid groups (broad SMARTS) is 1. The van der Waals surface area contributed by atoms with Crippen molar-refractivity contribution in [3.63, 3.8) is 0 Å². The predicted molar refractivity (Wildman–Crippen MR) is 63.2 cm³/mol. The molecule has 0 aliphatic rings. The molecule has 5 heteroatoms. The number of carbonyl (C=O) groups is 2. The molecule has 1 amide bonds. The Morgan fingerprint density at radius 2 is 1.76 bits per heavy atom. The molecule has 0 saturated carbocycles. The molecule has 93 valence electrons. The average molecular weight is 238 g/mol. The van der Waals surface area contributed by atoms with Crippen LogP contribution in [0.15, 0.2) is 30.3 Å². The Labute approximate surface area is 100 Å². The van der Waals surface area contributed by atoms with Crippen molar-refractivity contribution in [1.82, 2.24) is 5.32 Å². The smallest absolute Gasteiger partial charge is 0.322 e. The monoisotopic (exact) mass is 238 g/mol. The van der Waals surface area contributed by atoms with Crippen LogP contribution in [0.4, 0.5) is 0 Å². The maximum absolute atomic E-state index is 11.1. The molecule has 0 fully saturated rings. The number of nitrogens with one attached hydrogen (secondary N) is 1. The van der Waals surface area contributed by atoms with E-state index in [2.05, 4.69) is 12.2 Å². The van der Waals surface area contributed by atoms with Crippen LogP contribution < -0.4 is 5.32 Å². The van der Waals surface area contributed by atoms with Crippen molar-refractivity contribution in [3.05, 3.63) is 42.8 Å². The molecular formula is C12H16NO4. The van der Waals surface area contributed by atoms with Crippen molar-refractivity contribution in [2.75, 3.05) is 13.2 Å². The van der Waals surface area contributed by atoms with E-state index in [1.807, 2.05) is 30.3 Å². The largest absolute Gasteiger partial charge is 0.480 e. The fraction of sp³-hybridized carbons (Fsp3) is 0.250. The van der Waals surface area contributed by atoms with Crippen LogP contribution in [0, 0.1) is 6.92 Å². The van der Waals surface area contributed by atoms with E-state index in [-0.39, 0.29) is 25.5 Å². The van der Waals surface area contributed by atoms with Crippen molar-refractivity contribution >= 4 is 11.9 Å². The van der Waals surface area contributed by atoms with E-state index in [0.717, 1.165) is 5.56 Å². The summed E-state index contributed by atoms with van der Waals surface area (Å²) < 4.78 is 0. The number of hydrogen-bond donors (Lipinski definition) is 3. The Kier molecular flexibility index (Phi) is 8.32. The molecule has 0 bridgehead atoms. The van der Waals surface area contributed by atoms with E-state index in [9.17, 15) is 9.59 Å². The third-order valence-corrected chi connectivity index (χ3v) is 1.64. The van der Waals surface area contributed by atoms with Gasteiger partial charge in [-0.25, -0.2) is 0 Å². The maximum Gasteiger partial charge on any atom is 0.322 e. The molecule has 1 aromatic carbocycles. The van der Waals surface area contributed by atoms with E-state index in [4.69, 9.17) is 10.2 Å². The third-order valence-electron chi connectivity index (χ3n) is 1.64. The van der Waals surface area contributed by atoms with E-state index in [1.165, 1.54) is 0 Å². The molecule has 0 aliphatic heterocycles. The summed E-state index contributed by atoms with van der Waals surface area (Å²) in [5.74, 6) is -1.31. The Morgan fingerprint density at radius 1 is 1.24 bits per heavy atom. The molecule has 0 aromatic heterocycles. The topological polar surface area (TPSA) is 86.6 Å². The number of amides is 1. The van der Waals surface area contributed by atoms with Gasteiger partial charge in [-0.1, -0.05) is 30.3 Å². The van der Waals surface area contributed by atoms with E-state index in [0.29, 0.717) is 0 Å². The zero-order valence-corrected chi connectivity index (χ0v) is 9.43. The Hall–Kier alpha value is -1.88. The lowest BCUT2D eigenvalue weighted by Gasteiger charge is -2.01. The van der Waals surface area contributed by atoms with Crippen LogP contribution >= 0.6 is 0 Å². The van der Waals surface area contributed by atoms with E-state index in [1.54, 1.807) is 0 Å². The van der Waals surface area contributed by atoms with Gasteiger partial charge >= 0.3 is 5.97 Å². The maximum atomic E-state index is 11.1. The normalized spacial score (nSPS) is 8.82. The Morgan fingerprint density at radius 3 is 2.24 bits per heavy atom. The SMILES string of the molecule is O=C(O)CNC(=O)Cc1ccccc1.[CH2]CO. The highest BCUT2D eigenvalue weighted by Gasteiger charge is 2.03. The highest BCUT2D eigenvalue weighted by molar-refractivity contribution is 5.82. The van der Waals surface area contributed by atoms with Crippen LogP contribution in [0.1, 0.15) is 5.56 Å². The second-order valence-corrected chi connectivity index (χ2v) is 3.06. The molecule has 0 atom stereocenters. The Bertz CT molecular complexity index is 338. The molecule has 1 radical (unpaired) electrons. The van der Waals surface area contributed by atoms with Crippen LogP contribution in [-0.2, 0) is 16.0 Å². The minimum Gasteiger partial charge on any atom is -0.480 e. The molecule has 0 aliphatic carbocycles. The number of aliphatic hydroxyl groups is 1. The molecule has 0 spiro atoms. The van der Waals surface area contributed by atoms with Gasteiger partial charge in [0.1, 0.15) is 6.54 Å². The summed E-state index contributed by atoms with van der Waals surface area (Å²) in [5, 5.41) is 18.1. The predicted octanol–water partition coefficient (Wildman–Crippen LogP) is 0.243. The molecule has 1 rings (SSSR count). The van der Waals surface area contributed by atoms with Gasteiger partial charge in [0, 0.05) is 6.61 Å². The zero-order valence-electron chi connectivity index (χ0n) is 9.43. The summed E-state index contributed by atoms with van der Waals surface area (Å²) in [6, 6.07) is 9.17. The number of hydrogen-bond acceptors (Lipinski definition) is 3. The van der Waals surface area contributed by atoms with Gasteiger partial charge in [0.25, 0.3) is 0 Å². The van der Waals surface area contributed by atoms with Gasteiger partial charge in [0.05, 0.1) is 6.42 Å². The molecular weight excluding hydrogens is 222 g/mol. The number of benzene rings is 1. The fourth-order valence-corrected chi connectivity index (χ4v) is 1.02. The second-order valence-electron chi connectivity index (χ2n) is 3.06. The number of carbonyl (C=O) groups excluding carboxylic acids is 1. The van der Waals surface area contributed by atoms with Crippen LogP contribution in [0.25, 0.3) is 0 Å². The van der Waals surface area contributed by atoms with Gasteiger partial charge in [-0.05, 0) is 12.5 Å². The third kappa shape index (κ3) is 9.07. The molecule has 3 N–H and O–H groups in total. The first kappa shape index (κ1) is 15.1. The summed E-state index contributed by atoms with van der Waals surface area (Å²) in [7, 11) is 0.